The van der Waals surface area contributed by atoms with Gasteiger partial charge in [-0.05, 0) is 30.7 Å². The number of hydrogen-bond acceptors (Lipinski definition) is 3. The summed E-state index contributed by atoms with van der Waals surface area (Å²) in [5.41, 5.74) is 0.859. The van der Waals surface area contributed by atoms with Crippen LogP contribution >= 0.6 is 0 Å². The molecule has 1 saturated heterocycles. The van der Waals surface area contributed by atoms with Crippen molar-refractivity contribution in [3.8, 4) is 0 Å². The summed E-state index contributed by atoms with van der Waals surface area (Å²) in [6.07, 6.45) is 0.796. The van der Waals surface area contributed by atoms with Gasteiger partial charge in [-0.1, -0.05) is 0 Å². The molecule has 4 heteroatoms. The summed E-state index contributed by atoms with van der Waals surface area (Å²) in [6, 6.07) is 5.92. The Labute approximate surface area is 87.5 Å². The Bertz CT molecular complexity index is 363. The SMILES string of the molecule is COC(=O)[C@@H]1CCN1c1ccc(F)cc1. The van der Waals surface area contributed by atoms with E-state index in [1.807, 2.05) is 4.90 Å². The van der Waals surface area contributed by atoms with E-state index in [9.17, 15) is 9.18 Å². The largest absolute Gasteiger partial charge is 0.467 e. The quantitative estimate of drug-likeness (QED) is 0.692. The molecule has 1 aromatic carbocycles. The number of anilines is 1. The smallest absolute Gasteiger partial charge is 0.328 e. The van der Waals surface area contributed by atoms with Gasteiger partial charge in [0.1, 0.15) is 11.9 Å². The highest BCUT2D eigenvalue weighted by Gasteiger charge is 2.34. The van der Waals surface area contributed by atoms with Gasteiger partial charge in [-0.15, -0.1) is 0 Å². The van der Waals surface area contributed by atoms with Crippen molar-refractivity contribution in [2.24, 2.45) is 0 Å². The third-order valence-electron chi connectivity index (χ3n) is 2.65. The Kier molecular flexibility index (Phi) is 2.58. The second-order valence-corrected chi connectivity index (χ2v) is 3.50. The second kappa shape index (κ2) is 3.88. The molecule has 15 heavy (non-hydrogen) atoms. The maximum Gasteiger partial charge on any atom is 0.328 e. The van der Waals surface area contributed by atoms with Crippen LogP contribution in [-0.2, 0) is 9.53 Å². The molecule has 1 fully saturated rings. The minimum atomic E-state index is -0.270. The van der Waals surface area contributed by atoms with E-state index >= 15 is 0 Å². The summed E-state index contributed by atoms with van der Waals surface area (Å²) < 4.78 is 17.4. The second-order valence-electron chi connectivity index (χ2n) is 3.50. The van der Waals surface area contributed by atoms with Gasteiger partial charge >= 0.3 is 5.97 Å². The summed E-state index contributed by atoms with van der Waals surface area (Å²) in [5.74, 6) is -0.500. The molecule has 2 rings (SSSR count). The Hall–Kier alpha value is -1.58. The van der Waals surface area contributed by atoms with Crippen LogP contribution in [0.3, 0.4) is 0 Å². The third kappa shape index (κ3) is 1.79. The molecular formula is C11H12FNO2. The van der Waals surface area contributed by atoms with Crippen LogP contribution in [0.15, 0.2) is 24.3 Å². The van der Waals surface area contributed by atoms with E-state index in [0.29, 0.717) is 0 Å². The van der Waals surface area contributed by atoms with Gasteiger partial charge in [0.05, 0.1) is 7.11 Å². The fourth-order valence-corrected chi connectivity index (χ4v) is 1.71. The molecular weight excluding hydrogens is 197 g/mol. The third-order valence-corrected chi connectivity index (χ3v) is 2.65. The lowest BCUT2D eigenvalue weighted by Crippen LogP contribution is -2.53. The lowest BCUT2D eigenvalue weighted by Gasteiger charge is -2.40. The first-order valence-corrected chi connectivity index (χ1v) is 4.82. The first-order valence-electron chi connectivity index (χ1n) is 4.82. The Morgan fingerprint density at radius 3 is 2.60 bits per heavy atom. The molecule has 0 aliphatic carbocycles. The van der Waals surface area contributed by atoms with Crippen molar-refractivity contribution in [1.82, 2.24) is 0 Å². The molecule has 0 aromatic heterocycles. The van der Waals surface area contributed by atoms with Gasteiger partial charge in [-0.25, -0.2) is 9.18 Å². The monoisotopic (exact) mass is 209 g/mol. The van der Waals surface area contributed by atoms with Crippen molar-refractivity contribution in [2.45, 2.75) is 12.5 Å². The Morgan fingerprint density at radius 1 is 1.47 bits per heavy atom. The van der Waals surface area contributed by atoms with E-state index < -0.39 is 0 Å². The minimum absolute atomic E-state index is 0.208. The number of nitrogens with zero attached hydrogens (tertiary/aromatic N) is 1. The molecule has 1 heterocycles. The van der Waals surface area contributed by atoms with Crippen molar-refractivity contribution >= 4 is 11.7 Å². The van der Waals surface area contributed by atoms with E-state index in [-0.39, 0.29) is 17.8 Å². The molecule has 0 amide bonds. The maximum absolute atomic E-state index is 12.7. The van der Waals surface area contributed by atoms with Gasteiger partial charge in [-0.2, -0.15) is 0 Å². The Balaban J connectivity index is 2.12. The number of hydrogen-bond donors (Lipinski definition) is 0. The van der Waals surface area contributed by atoms with E-state index in [0.717, 1.165) is 18.7 Å². The predicted molar refractivity (Wildman–Crippen MR) is 54.2 cm³/mol. The predicted octanol–water partition coefficient (Wildman–Crippen LogP) is 1.58. The highest BCUT2D eigenvalue weighted by Crippen LogP contribution is 2.27. The van der Waals surface area contributed by atoms with Gasteiger partial charge in [0.15, 0.2) is 0 Å². The average Bonchev–Trinajstić information content (AvgIpc) is 2.19. The standard InChI is InChI=1S/C11H12FNO2/c1-15-11(14)10-6-7-13(10)9-4-2-8(12)3-5-9/h2-5,10H,6-7H2,1H3/t10-/m0/s1. The number of ether oxygens (including phenoxy) is 1. The van der Waals surface area contributed by atoms with E-state index in [4.69, 9.17) is 0 Å². The van der Waals surface area contributed by atoms with Crippen LogP contribution in [0.2, 0.25) is 0 Å². The van der Waals surface area contributed by atoms with Crippen LogP contribution in [0.5, 0.6) is 0 Å². The van der Waals surface area contributed by atoms with Crippen molar-refractivity contribution < 1.29 is 13.9 Å². The highest BCUT2D eigenvalue weighted by atomic mass is 19.1. The van der Waals surface area contributed by atoms with Gasteiger partial charge < -0.3 is 9.64 Å². The number of benzene rings is 1. The van der Waals surface area contributed by atoms with Crippen LogP contribution in [0.4, 0.5) is 10.1 Å². The molecule has 1 aromatic rings. The number of carbonyl (C=O) groups is 1. The lowest BCUT2D eigenvalue weighted by atomic mass is 10.0. The Morgan fingerprint density at radius 2 is 2.13 bits per heavy atom. The first kappa shape index (κ1) is 9.96. The topological polar surface area (TPSA) is 29.5 Å². The van der Waals surface area contributed by atoms with Crippen LogP contribution in [0.1, 0.15) is 6.42 Å². The van der Waals surface area contributed by atoms with Crippen LogP contribution < -0.4 is 4.90 Å². The molecule has 1 aliphatic heterocycles. The summed E-state index contributed by atoms with van der Waals surface area (Å²) in [7, 11) is 1.38. The van der Waals surface area contributed by atoms with E-state index in [1.54, 1.807) is 12.1 Å². The molecule has 0 N–H and O–H groups in total. The highest BCUT2D eigenvalue weighted by molar-refractivity contribution is 5.82. The van der Waals surface area contributed by atoms with Crippen LogP contribution in [0, 0.1) is 5.82 Å². The number of methoxy groups -OCH3 is 1. The molecule has 0 spiro atoms. The molecule has 1 aliphatic rings. The average molecular weight is 209 g/mol. The molecule has 1 atom stereocenters. The zero-order valence-corrected chi connectivity index (χ0v) is 8.44. The van der Waals surface area contributed by atoms with Gasteiger partial charge in [0.2, 0.25) is 0 Å². The summed E-state index contributed by atoms with van der Waals surface area (Å²) in [4.78, 5) is 13.2. The molecule has 0 unspecified atom stereocenters. The maximum atomic E-state index is 12.7. The van der Waals surface area contributed by atoms with E-state index in [1.165, 1.54) is 19.2 Å². The number of halogens is 1. The molecule has 0 radical (unpaired) electrons. The first-order chi connectivity index (χ1) is 7.22. The van der Waals surface area contributed by atoms with Gasteiger partial charge in [-0.3, -0.25) is 0 Å². The summed E-state index contributed by atoms with van der Waals surface area (Å²) >= 11 is 0. The van der Waals surface area contributed by atoms with Gasteiger partial charge in [0.25, 0.3) is 0 Å². The zero-order chi connectivity index (χ0) is 10.8. The van der Waals surface area contributed by atoms with Crippen molar-refractivity contribution in [3.05, 3.63) is 30.1 Å². The van der Waals surface area contributed by atoms with Crippen molar-refractivity contribution in [3.63, 3.8) is 0 Å². The fraction of sp³-hybridized carbons (Fsp3) is 0.364. The molecule has 3 nitrogen and oxygen atoms in total. The normalized spacial score (nSPS) is 19.6. The number of rotatable bonds is 2. The molecule has 0 saturated carbocycles. The summed E-state index contributed by atoms with van der Waals surface area (Å²) in [6.45, 7) is 0.811. The van der Waals surface area contributed by atoms with Crippen LogP contribution in [0.25, 0.3) is 0 Å². The van der Waals surface area contributed by atoms with Gasteiger partial charge in [0, 0.05) is 12.2 Å². The minimum Gasteiger partial charge on any atom is -0.467 e. The number of carbonyl (C=O) groups excluding carboxylic acids is 1. The molecule has 0 bridgehead atoms. The van der Waals surface area contributed by atoms with Crippen molar-refractivity contribution in [1.29, 1.82) is 0 Å². The summed E-state index contributed by atoms with van der Waals surface area (Å²) in [5, 5.41) is 0. The van der Waals surface area contributed by atoms with Crippen LogP contribution in [-0.4, -0.2) is 25.7 Å². The van der Waals surface area contributed by atoms with E-state index in [2.05, 4.69) is 4.74 Å². The zero-order valence-electron chi connectivity index (χ0n) is 8.44. The fourth-order valence-electron chi connectivity index (χ4n) is 1.71. The number of esters is 1. The molecule has 80 valence electrons. The lowest BCUT2D eigenvalue weighted by molar-refractivity contribution is -0.143. The van der Waals surface area contributed by atoms with Crippen molar-refractivity contribution in [2.75, 3.05) is 18.6 Å².